The van der Waals surface area contributed by atoms with Crippen LogP contribution in [0.25, 0.3) is 11.1 Å². The second-order valence-corrected chi connectivity index (χ2v) is 4.17. The molecule has 0 atom stereocenters. The van der Waals surface area contributed by atoms with Gasteiger partial charge >= 0.3 is 0 Å². The highest BCUT2D eigenvalue weighted by molar-refractivity contribution is 5.63. The Morgan fingerprint density at radius 1 is 0.824 bits per heavy atom. The van der Waals surface area contributed by atoms with E-state index in [-0.39, 0.29) is 0 Å². The summed E-state index contributed by atoms with van der Waals surface area (Å²) < 4.78 is 0. The number of benzene rings is 2. The maximum Gasteiger partial charge on any atom is 0.0431 e. The normalized spacial score (nSPS) is 10.4. The minimum Gasteiger partial charge on any atom is -0.396 e. The van der Waals surface area contributed by atoms with Crippen LogP contribution in [-0.2, 0) is 6.42 Å². The topological polar surface area (TPSA) is 20.2 Å². The Balaban J connectivity index is 2.03. The third-order valence-corrected chi connectivity index (χ3v) is 2.88. The van der Waals surface area contributed by atoms with Gasteiger partial charge in [-0.15, -0.1) is 0 Å². The van der Waals surface area contributed by atoms with Gasteiger partial charge in [0.1, 0.15) is 0 Å². The standard InChI is InChI=1S/C16H17O/c17-13-5-4-6-14-9-11-16(12-10-14)15-7-2-1-3-8-15/h2-3,7-12,17H,4-6,13H2. The zero-order chi connectivity index (χ0) is 11.9. The Morgan fingerprint density at radius 3 is 2.12 bits per heavy atom. The maximum atomic E-state index is 8.73. The van der Waals surface area contributed by atoms with Crippen molar-refractivity contribution in [1.82, 2.24) is 0 Å². The summed E-state index contributed by atoms with van der Waals surface area (Å²) in [4.78, 5) is 0. The molecule has 0 aliphatic carbocycles. The van der Waals surface area contributed by atoms with Crippen LogP contribution in [-0.4, -0.2) is 11.7 Å². The first kappa shape index (κ1) is 11.9. The van der Waals surface area contributed by atoms with Gasteiger partial charge in [-0.25, -0.2) is 0 Å². The lowest BCUT2D eigenvalue weighted by atomic mass is 10.0. The van der Waals surface area contributed by atoms with E-state index in [2.05, 4.69) is 42.5 Å². The van der Waals surface area contributed by atoms with Gasteiger partial charge in [-0.05, 0) is 42.0 Å². The lowest BCUT2D eigenvalue weighted by molar-refractivity contribution is 0.284. The Labute approximate surface area is 103 Å². The van der Waals surface area contributed by atoms with Gasteiger partial charge in [0.15, 0.2) is 0 Å². The van der Waals surface area contributed by atoms with Crippen LogP contribution < -0.4 is 0 Å². The molecule has 87 valence electrons. The first-order chi connectivity index (χ1) is 8.40. The molecule has 0 saturated heterocycles. The maximum absolute atomic E-state index is 8.73. The Morgan fingerprint density at radius 2 is 1.47 bits per heavy atom. The molecule has 0 saturated carbocycles. The summed E-state index contributed by atoms with van der Waals surface area (Å²) in [6.45, 7) is 0.290. The average Bonchev–Trinajstić information content (AvgIpc) is 2.41. The minimum atomic E-state index is 0.290. The summed E-state index contributed by atoms with van der Waals surface area (Å²) in [5, 5.41) is 8.73. The molecule has 0 spiro atoms. The van der Waals surface area contributed by atoms with Crippen LogP contribution in [0.1, 0.15) is 18.4 Å². The first-order valence-electron chi connectivity index (χ1n) is 6.06. The van der Waals surface area contributed by atoms with Crippen LogP contribution in [0.3, 0.4) is 0 Å². The quantitative estimate of drug-likeness (QED) is 0.772. The van der Waals surface area contributed by atoms with Crippen molar-refractivity contribution >= 4 is 0 Å². The fraction of sp³-hybridized carbons (Fsp3) is 0.250. The summed E-state index contributed by atoms with van der Waals surface area (Å²) >= 11 is 0. The van der Waals surface area contributed by atoms with E-state index in [1.807, 2.05) is 12.1 Å². The van der Waals surface area contributed by atoms with E-state index >= 15 is 0 Å². The molecule has 0 aliphatic heterocycles. The van der Waals surface area contributed by atoms with Crippen molar-refractivity contribution < 1.29 is 5.11 Å². The number of rotatable bonds is 5. The van der Waals surface area contributed by atoms with E-state index < -0.39 is 0 Å². The zero-order valence-corrected chi connectivity index (χ0v) is 9.89. The molecule has 1 radical (unpaired) electrons. The van der Waals surface area contributed by atoms with Gasteiger partial charge < -0.3 is 5.11 Å². The van der Waals surface area contributed by atoms with Crippen molar-refractivity contribution in [2.75, 3.05) is 6.61 Å². The Hall–Kier alpha value is -1.60. The lowest BCUT2D eigenvalue weighted by Gasteiger charge is -2.04. The summed E-state index contributed by atoms with van der Waals surface area (Å²) in [6, 6.07) is 19.7. The average molecular weight is 225 g/mol. The van der Waals surface area contributed by atoms with Crippen molar-refractivity contribution in [3.8, 4) is 11.1 Å². The number of unbranched alkanes of at least 4 members (excludes halogenated alkanes) is 1. The molecule has 0 heterocycles. The number of hydrogen-bond donors (Lipinski definition) is 1. The molecule has 2 aromatic carbocycles. The van der Waals surface area contributed by atoms with E-state index in [0.29, 0.717) is 6.61 Å². The number of aliphatic hydroxyl groups is 1. The van der Waals surface area contributed by atoms with Crippen LogP contribution in [0.4, 0.5) is 0 Å². The van der Waals surface area contributed by atoms with E-state index in [4.69, 9.17) is 5.11 Å². The van der Waals surface area contributed by atoms with Crippen molar-refractivity contribution in [3.63, 3.8) is 0 Å². The second-order valence-electron chi connectivity index (χ2n) is 4.17. The predicted octanol–water partition coefficient (Wildman–Crippen LogP) is 3.47. The third-order valence-electron chi connectivity index (χ3n) is 2.88. The van der Waals surface area contributed by atoms with Gasteiger partial charge in [0.25, 0.3) is 0 Å². The van der Waals surface area contributed by atoms with Crippen LogP contribution in [0.5, 0.6) is 0 Å². The molecule has 17 heavy (non-hydrogen) atoms. The molecular formula is C16H17O. The molecule has 2 rings (SSSR count). The summed E-state index contributed by atoms with van der Waals surface area (Å²) in [6.07, 6.45) is 2.98. The molecule has 0 fully saturated rings. The van der Waals surface area contributed by atoms with Crippen LogP contribution in [0, 0.1) is 6.07 Å². The largest absolute Gasteiger partial charge is 0.396 e. The molecule has 1 N–H and O–H groups in total. The van der Waals surface area contributed by atoms with Crippen LogP contribution in [0.2, 0.25) is 0 Å². The highest BCUT2D eigenvalue weighted by atomic mass is 16.2. The van der Waals surface area contributed by atoms with Crippen molar-refractivity contribution in [2.45, 2.75) is 19.3 Å². The lowest BCUT2D eigenvalue weighted by Crippen LogP contribution is -1.88. The molecule has 0 unspecified atom stereocenters. The van der Waals surface area contributed by atoms with Gasteiger partial charge in [-0.2, -0.15) is 0 Å². The number of aliphatic hydroxyl groups excluding tert-OH is 1. The highest BCUT2D eigenvalue weighted by Gasteiger charge is 1.97. The van der Waals surface area contributed by atoms with Crippen LogP contribution >= 0.6 is 0 Å². The summed E-state index contributed by atoms with van der Waals surface area (Å²) in [5.74, 6) is 0. The predicted molar refractivity (Wildman–Crippen MR) is 70.7 cm³/mol. The van der Waals surface area contributed by atoms with Gasteiger partial charge in [0, 0.05) is 6.61 Å². The van der Waals surface area contributed by atoms with E-state index in [9.17, 15) is 0 Å². The molecule has 0 aliphatic rings. The number of hydrogen-bond acceptors (Lipinski definition) is 1. The zero-order valence-electron chi connectivity index (χ0n) is 9.89. The molecule has 2 aromatic rings. The van der Waals surface area contributed by atoms with E-state index in [1.165, 1.54) is 16.7 Å². The highest BCUT2D eigenvalue weighted by Crippen LogP contribution is 2.19. The van der Waals surface area contributed by atoms with Crippen molar-refractivity contribution in [3.05, 3.63) is 60.2 Å². The molecule has 0 aromatic heterocycles. The van der Waals surface area contributed by atoms with Gasteiger partial charge in [0.05, 0.1) is 0 Å². The molecule has 0 amide bonds. The summed E-state index contributed by atoms with van der Waals surface area (Å²) in [5.41, 5.74) is 3.81. The fourth-order valence-corrected chi connectivity index (χ4v) is 1.88. The van der Waals surface area contributed by atoms with Crippen molar-refractivity contribution in [2.24, 2.45) is 0 Å². The smallest absolute Gasteiger partial charge is 0.0431 e. The minimum absolute atomic E-state index is 0.290. The van der Waals surface area contributed by atoms with E-state index in [0.717, 1.165) is 19.3 Å². The first-order valence-corrected chi connectivity index (χ1v) is 6.06. The second kappa shape index (κ2) is 6.21. The SMILES string of the molecule is OCCCCc1ccc(-c2cc[c]cc2)cc1. The monoisotopic (exact) mass is 225 g/mol. The fourth-order valence-electron chi connectivity index (χ4n) is 1.88. The van der Waals surface area contributed by atoms with Gasteiger partial charge in [0.2, 0.25) is 0 Å². The molecular weight excluding hydrogens is 208 g/mol. The molecule has 1 nitrogen and oxygen atoms in total. The van der Waals surface area contributed by atoms with Gasteiger partial charge in [-0.1, -0.05) is 48.5 Å². The molecule has 1 heteroatoms. The van der Waals surface area contributed by atoms with Crippen molar-refractivity contribution in [1.29, 1.82) is 0 Å². The van der Waals surface area contributed by atoms with Gasteiger partial charge in [-0.3, -0.25) is 0 Å². The molecule has 0 bridgehead atoms. The third kappa shape index (κ3) is 3.43. The number of aryl methyl sites for hydroxylation is 1. The Kier molecular flexibility index (Phi) is 4.34. The van der Waals surface area contributed by atoms with Crippen LogP contribution in [0.15, 0.2) is 48.5 Å². The van der Waals surface area contributed by atoms with E-state index in [1.54, 1.807) is 0 Å². The Bertz CT molecular complexity index is 431. The summed E-state index contributed by atoms with van der Waals surface area (Å²) in [7, 11) is 0.